The molecule has 4 aromatic rings. The lowest BCUT2D eigenvalue weighted by molar-refractivity contribution is -0.144. The number of nitrogens with one attached hydrogen (secondary N) is 1. The molecule has 1 saturated heterocycles. The SMILES string of the molecule is CCC(C(=O)C#N)c1cc(-c2n[nH]c(C(F)(F)F)n2)cnc1CN1CCC(c2cccc3c2O[C@@](C)(c2ccc(Cl)cc2F)O3)CC1. The second kappa shape index (κ2) is 12.6. The Morgan fingerprint density at radius 2 is 1.98 bits per heavy atom. The maximum atomic E-state index is 14.8. The van der Waals surface area contributed by atoms with Crippen molar-refractivity contribution in [2.75, 3.05) is 13.1 Å². The molecule has 1 fully saturated rings. The van der Waals surface area contributed by atoms with Gasteiger partial charge in [-0.25, -0.2) is 9.37 Å². The summed E-state index contributed by atoms with van der Waals surface area (Å²) in [4.78, 5) is 22.9. The van der Waals surface area contributed by atoms with E-state index >= 15 is 0 Å². The molecule has 6 rings (SSSR count). The number of hydrogen-bond acceptors (Lipinski definition) is 8. The average molecular weight is 669 g/mol. The minimum atomic E-state index is -4.70. The highest BCUT2D eigenvalue weighted by Crippen LogP contribution is 2.50. The number of nitrogens with zero attached hydrogens (tertiary/aromatic N) is 5. The van der Waals surface area contributed by atoms with E-state index in [9.17, 15) is 27.6 Å². The Morgan fingerprint density at radius 3 is 2.64 bits per heavy atom. The number of aromatic nitrogens is 4. The van der Waals surface area contributed by atoms with Crippen molar-refractivity contribution in [3.05, 3.63) is 87.7 Å². The molecule has 2 atom stereocenters. The van der Waals surface area contributed by atoms with Crippen LogP contribution in [-0.4, -0.2) is 43.9 Å². The van der Waals surface area contributed by atoms with E-state index in [-0.39, 0.29) is 27.9 Å². The first kappa shape index (κ1) is 32.4. The van der Waals surface area contributed by atoms with Crippen molar-refractivity contribution >= 4 is 17.4 Å². The van der Waals surface area contributed by atoms with Gasteiger partial charge in [0, 0.05) is 35.8 Å². The first-order valence-electron chi connectivity index (χ1n) is 15.0. The lowest BCUT2D eigenvalue weighted by Gasteiger charge is -2.33. The summed E-state index contributed by atoms with van der Waals surface area (Å²) in [5.41, 5.74) is 2.39. The Morgan fingerprint density at radius 1 is 1.21 bits per heavy atom. The van der Waals surface area contributed by atoms with Gasteiger partial charge in [-0.1, -0.05) is 30.7 Å². The zero-order chi connectivity index (χ0) is 33.5. The minimum absolute atomic E-state index is 0.120. The van der Waals surface area contributed by atoms with Gasteiger partial charge in [-0.15, -0.1) is 0 Å². The third kappa shape index (κ3) is 6.40. The molecule has 2 aromatic carbocycles. The van der Waals surface area contributed by atoms with Crippen molar-refractivity contribution < 1.29 is 31.8 Å². The number of pyridine rings is 1. The molecular formula is C33H29ClF4N6O3. The second-order valence-electron chi connectivity index (χ2n) is 11.7. The molecule has 2 aliphatic heterocycles. The summed E-state index contributed by atoms with van der Waals surface area (Å²) in [6.45, 7) is 5.12. The number of Topliss-reactive ketones (excluding diaryl/α,β-unsaturated/α-hetero) is 1. The molecule has 4 heterocycles. The van der Waals surface area contributed by atoms with Crippen LogP contribution in [0.1, 0.15) is 73.2 Å². The van der Waals surface area contributed by atoms with Gasteiger partial charge in [-0.3, -0.25) is 19.8 Å². The maximum absolute atomic E-state index is 14.8. The number of para-hydroxylation sites is 1. The number of alkyl halides is 3. The molecule has 0 amide bonds. The largest absolute Gasteiger partial charge is 0.451 e. The summed E-state index contributed by atoms with van der Waals surface area (Å²) in [5.74, 6) is -3.61. The number of fused-ring (bicyclic) bond motifs is 1. The van der Waals surface area contributed by atoms with Crippen molar-refractivity contribution in [1.29, 1.82) is 5.26 Å². The number of carbonyl (C=O) groups is 1. The second-order valence-corrected chi connectivity index (χ2v) is 12.1. The first-order chi connectivity index (χ1) is 22.4. The van der Waals surface area contributed by atoms with Crippen LogP contribution in [0.25, 0.3) is 11.4 Å². The van der Waals surface area contributed by atoms with E-state index in [0.717, 1.165) is 18.4 Å². The Balaban J connectivity index is 1.20. The Kier molecular flexibility index (Phi) is 8.67. The number of ether oxygens (including phenoxy) is 2. The van der Waals surface area contributed by atoms with Crippen LogP contribution in [0.15, 0.2) is 48.7 Å². The van der Waals surface area contributed by atoms with Gasteiger partial charge in [0.15, 0.2) is 17.3 Å². The van der Waals surface area contributed by atoms with Gasteiger partial charge in [-0.2, -0.15) is 23.5 Å². The summed E-state index contributed by atoms with van der Waals surface area (Å²) in [6.07, 6.45) is -1.52. The van der Waals surface area contributed by atoms with Crippen LogP contribution in [0.2, 0.25) is 5.02 Å². The van der Waals surface area contributed by atoms with Gasteiger partial charge >= 0.3 is 6.18 Å². The van der Waals surface area contributed by atoms with Crippen LogP contribution < -0.4 is 9.47 Å². The van der Waals surface area contributed by atoms with Crippen molar-refractivity contribution in [3.8, 4) is 29.0 Å². The van der Waals surface area contributed by atoms with E-state index in [0.29, 0.717) is 48.8 Å². The summed E-state index contributed by atoms with van der Waals surface area (Å²) < 4.78 is 66.6. The van der Waals surface area contributed by atoms with Crippen LogP contribution in [0.5, 0.6) is 11.5 Å². The normalized spacial score (nSPS) is 19.0. The molecule has 0 saturated carbocycles. The number of aromatic amines is 1. The van der Waals surface area contributed by atoms with Gasteiger partial charge in [0.05, 0.1) is 17.2 Å². The van der Waals surface area contributed by atoms with Crippen LogP contribution in [0.3, 0.4) is 0 Å². The summed E-state index contributed by atoms with van der Waals surface area (Å²) >= 11 is 5.95. The number of piperidine rings is 1. The van der Waals surface area contributed by atoms with E-state index in [4.69, 9.17) is 21.1 Å². The van der Waals surface area contributed by atoms with Crippen LogP contribution >= 0.6 is 11.6 Å². The number of ketones is 1. The third-order valence-electron chi connectivity index (χ3n) is 8.66. The van der Waals surface area contributed by atoms with Crippen molar-refractivity contribution in [3.63, 3.8) is 0 Å². The fourth-order valence-corrected chi connectivity index (χ4v) is 6.42. The Labute approximate surface area is 272 Å². The van der Waals surface area contributed by atoms with E-state index < -0.39 is 35.3 Å². The smallest absolute Gasteiger partial charge is 0.444 e. The van der Waals surface area contributed by atoms with Gasteiger partial charge in [0.1, 0.15) is 11.9 Å². The minimum Gasteiger partial charge on any atom is -0.444 e. The van der Waals surface area contributed by atoms with E-state index in [2.05, 4.69) is 20.0 Å². The monoisotopic (exact) mass is 668 g/mol. The highest BCUT2D eigenvalue weighted by atomic mass is 35.5. The van der Waals surface area contributed by atoms with E-state index in [1.165, 1.54) is 12.3 Å². The Bertz CT molecular complexity index is 1870. The number of halogens is 5. The predicted octanol–water partition coefficient (Wildman–Crippen LogP) is 7.29. The summed E-state index contributed by atoms with van der Waals surface area (Å²) in [5, 5.41) is 15.2. The van der Waals surface area contributed by atoms with E-state index in [1.54, 1.807) is 44.2 Å². The Hall–Kier alpha value is -4.54. The quantitative estimate of drug-likeness (QED) is 0.154. The molecule has 1 unspecified atom stereocenters. The number of nitriles is 1. The highest BCUT2D eigenvalue weighted by molar-refractivity contribution is 6.30. The molecule has 2 aromatic heterocycles. The number of likely N-dealkylation sites (tertiary alicyclic amines) is 1. The lowest BCUT2D eigenvalue weighted by atomic mass is 9.87. The zero-order valence-corrected chi connectivity index (χ0v) is 26.1. The molecule has 1 N–H and O–H groups in total. The summed E-state index contributed by atoms with van der Waals surface area (Å²) in [6, 6.07) is 13.2. The molecule has 47 heavy (non-hydrogen) atoms. The molecule has 0 spiro atoms. The number of hydrogen-bond donors (Lipinski definition) is 1. The van der Waals surface area contributed by atoms with Gasteiger partial charge < -0.3 is 9.47 Å². The molecule has 14 heteroatoms. The van der Waals surface area contributed by atoms with Crippen LogP contribution in [-0.2, 0) is 23.3 Å². The third-order valence-corrected chi connectivity index (χ3v) is 8.89. The fraction of sp³-hybridized carbons (Fsp3) is 0.364. The van der Waals surface area contributed by atoms with Crippen molar-refractivity contribution in [1.82, 2.24) is 25.1 Å². The van der Waals surface area contributed by atoms with Gasteiger partial charge in [-0.05, 0) is 74.2 Å². The van der Waals surface area contributed by atoms with Crippen LogP contribution in [0.4, 0.5) is 17.6 Å². The van der Waals surface area contributed by atoms with Gasteiger partial charge in [0.2, 0.25) is 11.6 Å². The van der Waals surface area contributed by atoms with Crippen LogP contribution in [0, 0.1) is 17.1 Å². The first-order valence-corrected chi connectivity index (χ1v) is 15.4. The molecule has 244 valence electrons. The van der Waals surface area contributed by atoms with Crippen molar-refractivity contribution in [2.24, 2.45) is 0 Å². The average Bonchev–Trinajstić information content (AvgIpc) is 3.68. The number of H-pyrrole nitrogens is 1. The zero-order valence-electron chi connectivity index (χ0n) is 25.4. The molecular weight excluding hydrogens is 640 g/mol. The predicted molar refractivity (Wildman–Crippen MR) is 162 cm³/mol. The lowest BCUT2D eigenvalue weighted by Crippen LogP contribution is -2.34. The molecule has 0 bridgehead atoms. The fourth-order valence-electron chi connectivity index (χ4n) is 6.26. The molecule has 0 aliphatic carbocycles. The standard InChI is InChI=1S/C33H29ClF4N6O3/c1-3-21(27(45)15-39)23-13-19(30-41-31(43-42-30)33(36,37)38)16-40-26(23)17-44-11-9-18(10-12-44)22-5-4-6-28-29(22)47-32(2,46-28)24-8-7-20(34)14-25(24)35/h4-8,13-14,16,18,21H,3,9-12,17H2,1-2H3,(H,41,42,43)/t21?,32-/m0/s1. The maximum Gasteiger partial charge on any atom is 0.451 e. The molecule has 2 aliphatic rings. The van der Waals surface area contributed by atoms with Crippen molar-refractivity contribution in [2.45, 2.75) is 63.5 Å². The number of benzene rings is 2. The highest BCUT2D eigenvalue weighted by Gasteiger charge is 2.43. The molecule has 0 radical (unpaired) electrons. The van der Waals surface area contributed by atoms with Gasteiger partial charge in [0.25, 0.3) is 5.79 Å². The molecule has 9 nitrogen and oxygen atoms in total. The number of carbonyl (C=O) groups excluding carboxylic acids is 1. The summed E-state index contributed by atoms with van der Waals surface area (Å²) in [7, 11) is 0. The van der Waals surface area contributed by atoms with E-state index in [1.807, 2.05) is 17.2 Å². The topological polar surface area (TPSA) is 117 Å². The number of rotatable bonds is 8.